The molecular weight excluding hydrogens is 396 g/mol. The van der Waals surface area contributed by atoms with Gasteiger partial charge in [-0.05, 0) is 30.5 Å². The molecule has 1 aliphatic rings. The number of amides is 2. The Labute approximate surface area is 185 Å². The van der Waals surface area contributed by atoms with Crippen molar-refractivity contribution in [1.82, 2.24) is 10.6 Å². The largest absolute Gasteiger partial charge is 0.493 e. The van der Waals surface area contributed by atoms with Gasteiger partial charge < -0.3 is 25.6 Å². The van der Waals surface area contributed by atoms with Crippen LogP contribution in [0.3, 0.4) is 0 Å². The standard InChI is InChI=1S/C24H38N2O5/c1-24(2,17-28)19-9-11-20(12-10-19)31-16-18-15-26-23(30)21(18)7-5-3-4-6-8-22(29)25-13-14-27/h9-12,18,21,27-28H,3-8,13-17H2,1-2H3,(H,25,29)(H,26,30)/t18-,21-/m1/s1. The van der Waals surface area contributed by atoms with Crippen molar-refractivity contribution >= 4 is 11.8 Å². The minimum atomic E-state index is -0.283. The van der Waals surface area contributed by atoms with Gasteiger partial charge in [-0.15, -0.1) is 0 Å². The molecule has 7 nitrogen and oxygen atoms in total. The fourth-order valence-electron chi connectivity index (χ4n) is 3.84. The maximum Gasteiger partial charge on any atom is 0.223 e. The molecule has 0 radical (unpaired) electrons. The van der Waals surface area contributed by atoms with E-state index in [1.807, 2.05) is 38.1 Å². The molecule has 1 aromatic rings. The highest BCUT2D eigenvalue weighted by Crippen LogP contribution is 2.27. The topological polar surface area (TPSA) is 108 Å². The number of carbonyl (C=O) groups excluding carboxylic acids is 2. The van der Waals surface area contributed by atoms with E-state index in [9.17, 15) is 14.7 Å². The molecule has 174 valence electrons. The number of carbonyl (C=O) groups is 2. The van der Waals surface area contributed by atoms with Crippen LogP contribution in [-0.4, -0.2) is 54.9 Å². The van der Waals surface area contributed by atoms with Gasteiger partial charge in [0.25, 0.3) is 0 Å². The van der Waals surface area contributed by atoms with Crippen LogP contribution in [-0.2, 0) is 15.0 Å². The van der Waals surface area contributed by atoms with Gasteiger partial charge in [0.15, 0.2) is 0 Å². The number of nitrogens with one attached hydrogen (secondary N) is 2. The summed E-state index contributed by atoms with van der Waals surface area (Å²) in [4.78, 5) is 23.7. The summed E-state index contributed by atoms with van der Waals surface area (Å²) in [6, 6.07) is 7.79. The highest BCUT2D eigenvalue weighted by Gasteiger charge is 2.34. The molecule has 1 saturated heterocycles. The molecule has 0 aliphatic carbocycles. The third-order valence-electron chi connectivity index (χ3n) is 6.04. The van der Waals surface area contributed by atoms with Crippen molar-refractivity contribution in [2.24, 2.45) is 11.8 Å². The van der Waals surface area contributed by atoms with Crippen molar-refractivity contribution in [2.45, 2.75) is 57.8 Å². The number of unbranched alkanes of at least 4 members (excludes halogenated alkanes) is 3. The second-order valence-corrected chi connectivity index (χ2v) is 9.02. The molecule has 0 bridgehead atoms. The van der Waals surface area contributed by atoms with Gasteiger partial charge in [-0.2, -0.15) is 0 Å². The molecule has 7 heteroatoms. The van der Waals surface area contributed by atoms with Crippen LogP contribution in [0.15, 0.2) is 24.3 Å². The summed E-state index contributed by atoms with van der Waals surface area (Å²) in [6.45, 7) is 5.49. The van der Waals surface area contributed by atoms with Gasteiger partial charge in [-0.3, -0.25) is 9.59 Å². The third kappa shape index (κ3) is 8.15. The van der Waals surface area contributed by atoms with E-state index in [1.165, 1.54) is 0 Å². The summed E-state index contributed by atoms with van der Waals surface area (Å²) >= 11 is 0. The smallest absolute Gasteiger partial charge is 0.223 e. The highest BCUT2D eigenvalue weighted by molar-refractivity contribution is 5.81. The molecule has 1 aromatic carbocycles. The van der Waals surface area contributed by atoms with Gasteiger partial charge in [0.05, 0.1) is 19.8 Å². The fraction of sp³-hybridized carbons (Fsp3) is 0.667. The van der Waals surface area contributed by atoms with E-state index in [0.29, 0.717) is 26.1 Å². The molecule has 31 heavy (non-hydrogen) atoms. The molecule has 4 N–H and O–H groups in total. The Kier molecular flexibility index (Phi) is 10.3. The van der Waals surface area contributed by atoms with Gasteiger partial charge in [0.1, 0.15) is 5.75 Å². The summed E-state index contributed by atoms with van der Waals surface area (Å²) in [5.74, 6) is 0.993. The van der Waals surface area contributed by atoms with Crippen molar-refractivity contribution in [3.05, 3.63) is 29.8 Å². The average molecular weight is 435 g/mol. The lowest BCUT2D eigenvalue weighted by atomic mass is 9.86. The number of hydrogen-bond acceptors (Lipinski definition) is 5. The molecule has 0 unspecified atom stereocenters. The first-order valence-electron chi connectivity index (χ1n) is 11.4. The molecule has 2 atom stereocenters. The Bertz CT molecular complexity index is 690. The molecule has 2 amide bonds. The zero-order valence-electron chi connectivity index (χ0n) is 18.9. The second-order valence-electron chi connectivity index (χ2n) is 9.02. The van der Waals surface area contributed by atoms with Crippen LogP contribution in [0, 0.1) is 11.8 Å². The van der Waals surface area contributed by atoms with Gasteiger partial charge in [-0.1, -0.05) is 45.2 Å². The third-order valence-corrected chi connectivity index (χ3v) is 6.04. The zero-order valence-corrected chi connectivity index (χ0v) is 18.9. The average Bonchev–Trinajstić information content (AvgIpc) is 3.12. The van der Waals surface area contributed by atoms with Gasteiger partial charge in [-0.25, -0.2) is 0 Å². The van der Waals surface area contributed by atoms with Crippen LogP contribution in [0.4, 0.5) is 0 Å². The molecule has 1 fully saturated rings. The number of hydrogen-bond donors (Lipinski definition) is 4. The summed E-state index contributed by atoms with van der Waals surface area (Å²) in [5.41, 5.74) is 0.776. The summed E-state index contributed by atoms with van der Waals surface area (Å²) in [7, 11) is 0. The Hall–Kier alpha value is -2.12. The molecule has 0 aromatic heterocycles. The SMILES string of the molecule is CC(C)(CO)c1ccc(OC[C@H]2CNC(=O)[C@@H]2CCCCCCC(=O)NCCO)cc1. The van der Waals surface area contributed by atoms with Crippen LogP contribution >= 0.6 is 0 Å². The quantitative estimate of drug-likeness (QED) is 0.336. The number of ether oxygens (including phenoxy) is 1. The monoisotopic (exact) mass is 434 g/mol. The lowest BCUT2D eigenvalue weighted by molar-refractivity contribution is -0.123. The number of aliphatic hydroxyl groups is 2. The Balaban J connectivity index is 1.70. The first-order chi connectivity index (χ1) is 14.9. The van der Waals surface area contributed by atoms with Gasteiger partial charge in [0.2, 0.25) is 11.8 Å². The van der Waals surface area contributed by atoms with E-state index >= 15 is 0 Å². The molecule has 2 rings (SSSR count). The van der Waals surface area contributed by atoms with Crippen LogP contribution in [0.5, 0.6) is 5.75 Å². The maximum absolute atomic E-state index is 12.2. The van der Waals surface area contributed by atoms with Crippen molar-refractivity contribution in [1.29, 1.82) is 0 Å². The first-order valence-corrected chi connectivity index (χ1v) is 11.4. The first kappa shape index (κ1) is 25.1. The fourth-order valence-corrected chi connectivity index (χ4v) is 3.84. The van der Waals surface area contributed by atoms with E-state index in [0.717, 1.165) is 43.4 Å². The van der Waals surface area contributed by atoms with Gasteiger partial charge >= 0.3 is 0 Å². The van der Waals surface area contributed by atoms with Crippen molar-refractivity contribution in [3.63, 3.8) is 0 Å². The van der Waals surface area contributed by atoms with Crippen molar-refractivity contribution in [2.75, 3.05) is 32.9 Å². The van der Waals surface area contributed by atoms with E-state index in [-0.39, 0.29) is 42.3 Å². The minimum Gasteiger partial charge on any atom is -0.493 e. The van der Waals surface area contributed by atoms with E-state index in [1.54, 1.807) is 0 Å². The molecule has 1 heterocycles. The van der Waals surface area contributed by atoms with E-state index < -0.39 is 0 Å². The van der Waals surface area contributed by atoms with Crippen LogP contribution < -0.4 is 15.4 Å². The normalized spacial score (nSPS) is 18.6. The zero-order chi connectivity index (χ0) is 22.7. The molecular formula is C24H38N2O5. The molecule has 0 spiro atoms. The van der Waals surface area contributed by atoms with Gasteiger partial charge in [0, 0.05) is 36.8 Å². The Morgan fingerprint density at radius 1 is 1.16 bits per heavy atom. The van der Waals surface area contributed by atoms with Crippen molar-refractivity contribution in [3.8, 4) is 5.75 Å². The predicted octanol–water partition coefficient (Wildman–Crippen LogP) is 2.15. The Morgan fingerprint density at radius 3 is 2.55 bits per heavy atom. The minimum absolute atomic E-state index is 0.0191. The number of rotatable bonds is 14. The van der Waals surface area contributed by atoms with E-state index in [4.69, 9.17) is 9.84 Å². The van der Waals surface area contributed by atoms with Crippen LogP contribution in [0.2, 0.25) is 0 Å². The summed E-state index contributed by atoms with van der Waals surface area (Å²) in [5, 5.41) is 23.8. The number of benzene rings is 1. The van der Waals surface area contributed by atoms with E-state index in [2.05, 4.69) is 10.6 Å². The molecule has 1 aliphatic heterocycles. The van der Waals surface area contributed by atoms with Crippen LogP contribution in [0.25, 0.3) is 0 Å². The Morgan fingerprint density at radius 2 is 1.87 bits per heavy atom. The lowest BCUT2D eigenvalue weighted by Gasteiger charge is -2.22. The highest BCUT2D eigenvalue weighted by atomic mass is 16.5. The maximum atomic E-state index is 12.2. The number of aliphatic hydroxyl groups excluding tert-OH is 2. The lowest BCUT2D eigenvalue weighted by Crippen LogP contribution is -2.25. The van der Waals surface area contributed by atoms with Crippen molar-refractivity contribution < 1.29 is 24.5 Å². The second kappa shape index (κ2) is 12.7. The molecule has 0 saturated carbocycles. The van der Waals surface area contributed by atoms with Crippen LogP contribution in [0.1, 0.15) is 57.9 Å². The summed E-state index contributed by atoms with van der Waals surface area (Å²) < 4.78 is 5.96. The predicted molar refractivity (Wildman–Crippen MR) is 120 cm³/mol. The summed E-state index contributed by atoms with van der Waals surface area (Å²) in [6.07, 6.45) is 5.04.